The normalized spacial score (nSPS) is 10.1. The molecule has 0 amide bonds. The van der Waals surface area contributed by atoms with Crippen LogP contribution in [-0.4, -0.2) is 19.9 Å². The second kappa shape index (κ2) is 21.0. The topological polar surface area (TPSA) is 57.4 Å². The number of benzene rings is 4. The minimum atomic E-state index is 0. The number of H-pyrrole nitrogens is 2. The van der Waals surface area contributed by atoms with Crippen LogP contribution in [0.15, 0.2) is 170 Å². The number of rotatable bonds is 0. The maximum Gasteiger partial charge on any atom is 0.0659 e. The standard InChI is InChI=1S/C20H14N4.4C6H5.Ni/c1-2-14-10-16-5-6-18(23-16)12-20-8-7-19(24-20)11-17-4-3-15(22-17)9-13(1)21-14;4*1-2-4-6-5-3-1;/h1-12,21-22H;4*1-5H;/q;4*-1;. The molecule has 5 heteroatoms. The molecule has 49 heavy (non-hydrogen) atoms. The molecule has 0 atom stereocenters. The number of aromatic nitrogens is 4. The van der Waals surface area contributed by atoms with Gasteiger partial charge in [-0.3, -0.25) is 0 Å². The van der Waals surface area contributed by atoms with Crippen LogP contribution in [0.4, 0.5) is 0 Å². The Morgan fingerprint density at radius 1 is 0.327 bits per heavy atom. The molecular formula is C44H34N4Ni-4. The van der Waals surface area contributed by atoms with Gasteiger partial charge in [-0.2, -0.15) is 146 Å². The summed E-state index contributed by atoms with van der Waals surface area (Å²) in [4.78, 5) is 16.0. The minimum Gasteiger partial charge on any atom is -0.355 e. The summed E-state index contributed by atoms with van der Waals surface area (Å²) in [6.45, 7) is 0. The summed E-state index contributed by atoms with van der Waals surface area (Å²) in [7, 11) is 0. The van der Waals surface area contributed by atoms with Crippen LogP contribution >= 0.6 is 0 Å². The van der Waals surface area contributed by atoms with Crippen LogP contribution in [-0.2, 0) is 16.5 Å². The quantitative estimate of drug-likeness (QED) is 0.124. The summed E-state index contributed by atoms with van der Waals surface area (Å²) in [6.07, 6.45) is 8.05. The number of fused-ring (bicyclic) bond motifs is 8. The Labute approximate surface area is 298 Å². The minimum absolute atomic E-state index is 0. The molecule has 244 valence electrons. The van der Waals surface area contributed by atoms with Gasteiger partial charge in [-0.15, -0.1) is 0 Å². The van der Waals surface area contributed by atoms with Gasteiger partial charge in [0.05, 0.1) is 22.8 Å². The molecule has 5 heterocycles. The van der Waals surface area contributed by atoms with Crippen molar-refractivity contribution in [2.75, 3.05) is 0 Å². The van der Waals surface area contributed by atoms with E-state index in [0.29, 0.717) is 0 Å². The van der Waals surface area contributed by atoms with E-state index in [9.17, 15) is 0 Å². The Morgan fingerprint density at radius 3 is 0.837 bits per heavy atom. The van der Waals surface area contributed by atoms with Crippen molar-refractivity contribution in [3.63, 3.8) is 0 Å². The van der Waals surface area contributed by atoms with E-state index in [-0.39, 0.29) is 16.5 Å². The monoisotopic (exact) mass is 676 g/mol. The van der Waals surface area contributed by atoms with E-state index in [1.54, 1.807) is 0 Å². The molecule has 0 spiro atoms. The first-order valence-corrected chi connectivity index (χ1v) is 15.5. The first-order valence-electron chi connectivity index (χ1n) is 15.5. The number of hydrogen-bond donors (Lipinski definition) is 2. The molecule has 2 aliphatic heterocycles. The molecule has 0 saturated heterocycles. The van der Waals surface area contributed by atoms with Gasteiger partial charge in [0.1, 0.15) is 0 Å². The van der Waals surface area contributed by atoms with E-state index in [1.165, 1.54) is 0 Å². The molecule has 3 aromatic heterocycles. The van der Waals surface area contributed by atoms with Crippen molar-refractivity contribution >= 4 is 46.4 Å². The van der Waals surface area contributed by atoms with E-state index in [1.807, 2.05) is 164 Å². The van der Waals surface area contributed by atoms with Crippen molar-refractivity contribution < 1.29 is 16.5 Å². The van der Waals surface area contributed by atoms with Gasteiger partial charge in [0, 0.05) is 38.6 Å². The van der Waals surface area contributed by atoms with Gasteiger partial charge in [0.15, 0.2) is 0 Å². The summed E-state index contributed by atoms with van der Waals surface area (Å²) in [5.74, 6) is 0. The maximum absolute atomic E-state index is 4.62. The van der Waals surface area contributed by atoms with Gasteiger partial charge in [0.2, 0.25) is 0 Å². The van der Waals surface area contributed by atoms with Gasteiger partial charge >= 0.3 is 0 Å². The maximum atomic E-state index is 4.62. The third kappa shape index (κ3) is 13.7. The largest absolute Gasteiger partial charge is 0.355 e. The molecular weight excluding hydrogens is 643 g/mol. The van der Waals surface area contributed by atoms with Crippen molar-refractivity contribution in [2.24, 2.45) is 0 Å². The van der Waals surface area contributed by atoms with Crippen LogP contribution < -0.4 is 0 Å². The average Bonchev–Trinajstić information content (AvgIpc) is 4.00. The van der Waals surface area contributed by atoms with Crippen LogP contribution in [0.1, 0.15) is 22.8 Å². The van der Waals surface area contributed by atoms with Crippen molar-refractivity contribution in [1.82, 2.24) is 19.9 Å². The number of nitrogens with zero attached hydrogens (tertiary/aromatic N) is 2. The molecule has 0 fully saturated rings. The fraction of sp³-hybridized carbons (Fsp3) is 0. The number of aromatic amines is 2. The SMILES string of the molecule is C1=Cc2cc3ccc(cc4ccc(cc5nc(cc1n2)C=C5)[nH]4)[nH]3.[Ni].[c-]1ccccc1.[c-]1ccccc1.[c-]1ccccc1.[c-]1ccccc1. The zero-order valence-electron chi connectivity index (χ0n) is 26.7. The second-order valence-corrected chi connectivity index (χ2v) is 10.2. The van der Waals surface area contributed by atoms with Crippen molar-refractivity contribution in [3.8, 4) is 0 Å². The fourth-order valence-electron chi connectivity index (χ4n) is 4.31. The van der Waals surface area contributed by atoms with Crippen molar-refractivity contribution in [2.45, 2.75) is 0 Å². The molecule has 0 unspecified atom stereocenters. The van der Waals surface area contributed by atoms with Crippen LogP contribution in [0.25, 0.3) is 46.4 Å². The molecule has 9 rings (SSSR count). The molecule has 4 aromatic carbocycles. The van der Waals surface area contributed by atoms with Gasteiger partial charge < -0.3 is 9.97 Å². The summed E-state index contributed by atoms with van der Waals surface area (Å²) >= 11 is 0. The Morgan fingerprint density at radius 2 is 0.592 bits per heavy atom. The van der Waals surface area contributed by atoms with E-state index >= 15 is 0 Å². The Balaban J connectivity index is 0.000000175. The molecule has 7 aromatic rings. The molecule has 4 nitrogen and oxygen atoms in total. The van der Waals surface area contributed by atoms with Crippen LogP contribution in [0.5, 0.6) is 0 Å². The van der Waals surface area contributed by atoms with Gasteiger partial charge in [-0.1, -0.05) is 0 Å². The predicted octanol–water partition coefficient (Wildman–Crippen LogP) is 10.6. The van der Waals surface area contributed by atoms with Crippen LogP contribution in [0.3, 0.4) is 0 Å². The molecule has 0 saturated carbocycles. The van der Waals surface area contributed by atoms with Gasteiger partial charge in [-0.05, 0) is 72.8 Å². The first-order chi connectivity index (χ1) is 23.8. The summed E-state index contributed by atoms with van der Waals surface area (Å²) in [6, 6.07) is 66.4. The summed E-state index contributed by atoms with van der Waals surface area (Å²) in [5, 5.41) is 0. The van der Waals surface area contributed by atoms with E-state index in [0.717, 1.165) is 44.8 Å². The molecule has 8 bridgehead atoms. The second-order valence-electron chi connectivity index (χ2n) is 10.2. The predicted molar refractivity (Wildman–Crippen MR) is 200 cm³/mol. The molecule has 0 aliphatic carbocycles. The number of nitrogens with one attached hydrogen (secondary N) is 2. The third-order valence-electron chi connectivity index (χ3n) is 6.47. The summed E-state index contributed by atoms with van der Waals surface area (Å²) < 4.78 is 0. The molecule has 2 N–H and O–H groups in total. The third-order valence-corrected chi connectivity index (χ3v) is 6.47. The average molecular weight is 677 g/mol. The Bertz CT molecular complexity index is 1800. The zero-order chi connectivity index (χ0) is 32.9. The van der Waals surface area contributed by atoms with E-state index < -0.39 is 0 Å². The Hall–Kier alpha value is -6.03. The van der Waals surface area contributed by atoms with Crippen LogP contribution in [0, 0.1) is 24.3 Å². The Kier molecular flexibility index (Phi) is 15.3. The van der Waals surface area contributed by atoms with E-state index in [2.05, 4.69) is 74.5 Å². The summed E-state index contributed by atoms with van der Waals surface area (Å²) in [5.41, 5.74) is 7.86. The van der Waals surface area contributed by atoms with Crippen molar-refractivity contribution in [1.29, 1.82) is 0 Å². The van der Waals surface area contributed by atoms with Gasteiger partial charge in [-0.25, -0.2) is 9.97 Å². The number of hydrogen-bond acceptors (Lipinski definition) is 2. The van der Waals surface area contributed by atoms with E-state index in [4.69, 9.17) is 0 Å². The molecule has 2 aliphatic rings. The van der Waals surface area contributed by atoms with Crippen LogP contribution in [0.2, 0.25) is 0 Å². The first kappa shape index (κ1) is 35.8. The zero-order valence-corrected chi connectivity index (χ0v) is 27.7. The van der Waals surface area contributed by atoms with Crippen molar-refractivity contribution in [3.05, 3.63) is 217 Å². The smallest absolute Gasteiger partial charge is 0.0659 e. The molecule has 0 radical (unpaired) electrons. The fourth-order valence-corrected chi connectivity index (χ4v) is 4.31. The van der Waals surface area contributed by atoms with Gasteiger partial charge in [0.25, 0.3) is 0 Å².